The van der Waals surface area contributed by atoms with E-state index in [1.165, 1.54) is 0 Å². The molecule has 0 bridgehead atoms. The highest BCUT2D eigenvalue weighted by Gasteiger charge is 2.44. The standard InChI is InChI=1S/C26H28N8O2/c1-16-20(10-30-34(16)15-26(14-27)5-6-26)21-11-29-25(28)24(32-21)23-13-33(2)12-22(31-23)17-7-18(35-3)9-19(8-17)36-4/h7-11,13H,5-6,12,15H2,1-4H3,(H2,28,29). The molecule has 0 unspecified atom stereocenters. The molecule has 0 radical (unpaired) electrons. The minimum Gasteiger partial charge on any atom is -0.497 e. The molecule has 10 nitrogen and oxygen atoms in total. The predicted molar refractivity (Wildman–Crippen MR) is 136 cm³/mol. The van der Waals surface area contributed by atoms with Crippen LogP contribution in [0.5, 0.6) is 11.5 Å². The number of rotatable bonds is 7. The van der Waals surface area contributed by atoms with Crippen LogP contribution in [0.15, 0.2) is 41.8 Å². The zero-order chi connectivity index (χ0) is 25.4. The predicted octanol–water partition coefficient (Wildman–Crippen LogP) is 3.28. The van der Waals surface area contributed by atoms with Crippen LogP contribution in [-0.2, 0) is 6.54 Å². The van der Waals surface area contributed by atoms with Gasteiger partial charge in [-0.05, 0) is 31.9 Å². The third-order valence-corrected chi connectivity index (χ3v) is 6.65. The molecule has 36 heavy (non-hydrogen) atoms. The van der Waals surface area contributed by atoms with E-state index in [4.69, 9.17) is 25.2 Å². The maximum absolute atomic E-state index is 9.46. The van der Waals surface area contributed by atoms with E-state index in [-0.39, 0.29) is 11.2 Å². The summed E-state index contributed by atoms with van der Waals surface area (Å²) in [7, 11) is 5.21. The molecule has 10 heteroatoms. The van der Waals surface area contributed by atoms with Gasteiger partial charge in [0.1, 0.15) is 22.9 Å². The topological polar surface area (TPSA) is 127 Å². The Balaban J connectivity index is 1.51. The van der Waals surface area contributed by atoms with Crippen molar-refractivity contribution >= 4 is 17.2 Å². The molecule has 1 aliphatic carbocycles. The van der Waals surface area contributed by atoms with Crippen molar-refractivity contribution in [2.75, 3.05) is 33.5 Å². The average Bonchev–Trinajstić information content (AvgIpc) is 3.59. The van der Waals surface area contributed by atoms with E-state index in [0.717, 1.165) is 35.4 Å². The van der Waals surface area contributed by atoms with Gasteiger partial charge in [-0.1, -0.05) is 0 Å². The Morgan fingerprint density at radius 1 is 1.14 bits per heavy atom. The minimum atomic E-state index is -0.294. The number of ether oxygens (including phenoxy) is 2. The van der Waals surface area contributed by atoms with Crippen molar-refractivity contribution in [1.29, 1.82) is 5.26 Å². The maximum atomic E-state index is 9.46. The number of hydrogen-bond donors (Lipinski definition) is 1. The molecule has 1 saturated carbocycles. The Bertz CT molecular complexity index is 1410. The molecule has 0 spiro atoms. The van der Waals surface area contributed by atoms with E-state index >= 15 is 0 Å². The Morgan fingerprint density at radius 2 is 1.86 bits per heavy atom. The number of aromatic nitrogens is 4. The first-order valence-electron chi connectivity index (χ1n) is 11.6. The van der Waals surface area contributed by atoms with E-state index in [1.54, 1.807) is 26.6 Å². The molecular formula is C26H28N8O2. The lowest BCUT2D eigenvalue weighted by Crippen LogP contribution is -2.26. The van der Waals surface area contributed by atoms with Gasteiger partial charge in [-0.2, -0.15) is 10.4 Å². The van der Waals surface area contributed by atoms with Gasteiger partial charge in [0.25, 0.3) is 0 Å². The number of anilines is 1. The third kappa shape index (κ3) is 4.35. The van der Waals surface area contributed by atoms with Crippen molar-refractivity contribution in [2.24, 2.45) is 10.4 Å². The van der Waals surface area contributed by atoms with E-state index in [0.29, 0.717) is 41.7 Å². The van der Waals surface area contributed by atoms with Crippen LogP contribution in [0, 0.1) is 23.7 Å². The molecule has 3 heterocycles. The molecule has 5 rings (SSSR count). The molecule has 184 valence electrons. The number of aliphatic imine (C=N–C) groups is 1. The number of likely N-dealkylation sites (N-methyl/N-ethyl adjacent to an activating group) is 1. The summed E-state index contributed by atoms with van der Waals surface area (Å²) in [5, 5.41) is 14.0. The third-order valence-electron chi connectivity index (χ3n) is 6.65. The first kappa shape index (κ1) is 23.4. The average molecular weight is 485 g/mol. The molecule has 0 saturated heterocycles. The second-order valence-electron chi connectivity index (χ2n) is 9.27. The van der Waals surface area contributed by atoms with Crippen molar-refractivity contribution in [3.8, 4) is 28.8 Å². The second-order valence-corrected chi connectivity index (χ2v) is 9.27. The van der Waals surface area contributed by atoms with E-state index in [2.05, 4.69) is 16.2 Å². The number of benzene rings is 1. The summed E-state index contributed by atoms with van der Waals surface area (Å²) >= 11 is 0. The van der Waals surface area contributed by atoms with Gasteiger partial charge in [0.05, 0.1) is 62.6 Å². The van der Waals surface area contributed by atoms with Gasteiger partial charge in [0, 0.05) is 36.1 Å². The lowest BCUT2D eigenvalue weighted by Gasteiger charge is -2.23. The van der Waals surface area contributed by atoms with Crippen LogP contribution < -0.4 is 15.2 Å². The molecule has 1 fully saturated rings. The molecule has 2 N–H and O–H groups in total. The van der Waals surface area contributed by atoms with Crippen molar-refractivity contribution < 1.29 is 9.47 Å². The Hall–Kier alpha value is -4.39. The van der Waals surface area contributed by atoms with Crippen LogP contribution >= 0.6 is 0 Å². The van der Waals surface area contributed by atoms with Gasteiger partial charge in [-0.25, -0.2) is 15.0 Å². The van der Waals surface area contributed by atoms with Crippen LogP contribution in [0.25, 0.3) is 17.0 Å². The first-order chi connectivity index (χ1) is 17.3. The Labute approximate surface area is 209 Å². The van der Waals surface area contributed by atoms with Crippen molar-refractivity contribution in [2.45, 2.75) is 26.3 Å². The first-order valence-corrected chi connectivity index (χ1v) is 11.6. The smallest absolute Gasteiger partial charge is 0.151 e. The monoisotopic (exact) mass is 484 g/mol. The lowest BCUT2D eigenvalue weighted by molar-refractivity contribution is 0.394. The summed E-state index contributed by atoms with van der Waals surface area (Å²) in [6.45, 7) is 3.16. The second kappa shape index (κ2) is 9.00. The summed E-state index contributed by atoms with van der Waals surface area (Å²) in [4.78, 5) is 16.2. The Morgan fingerprint density at radius 3 is 2.50 bits per heavy atom. The highest BCUT2D eigenvalue weighted by atomic mass is 16.5. The van der Waals surface area contributed by atoms with Crippen LogP contribution in [-0.4, -0.2) is 58.2 Å². The normalized spacial score (nSPS) is 16.1. The van der Waals surface area contributed by atoms with Gasteiger partial charge in [-0.15, -0.1) is 0 Å². The van der Waals surface area contributed by atoms with Crippen LogP contribution in [0.4, 0.5) is 5.82 Å². The fourth-order valence-electron chi connectivity index (χ4n) is 4.26. The SMILES string of the molecule is COc1cc(OC)cc(C2=NC(c3nc(-c4cnn(CC5(C#N)CC5)c4C)cnc3N)=CN(C)C2)c1. The van der Waals surface area contributed by atoms with Crippen molar-refractivity contribution in [3.63, 3.8) is 0 Å². The van der Waals surface area contributed by atoms with E-state index in [9.17, 15) is 5.26 Å². The number of hydrogen-bond acceptors (Lipinski definition) is 9. The fraction of sp³-hybridized carbons (Fsp3) is 0.346. The number of methoxy groups -OCH3 is 2. The van der Waals surface area contributed by atoms with Crippen molar-refractivity contribution in [1.82, 2.24) is 24.6 Å². The quantitative estimate of drug-likeness (QED) is 0.541. The number of nitriles is 1. The van der Waals surface area contributed by atoms with Gasteiger partial charge in [-0.3, -0.25) is 4.68 Å². The summed E-state index contributed by atoms with van der Waals surface area (Å²) < 4.78 is 12.7. The van der Waals surface area contributed by atoms with Crippen LogP contribution in [0.2, 0.25) is 0 Å². The highest BCUT2D eigenvalue weighted by molar-refractivity contribution is 6.06. The fourth-order valence-corrected chi connectivity index (χ4v) is 4.26. The summed E-state index contributed by atoms with van der Waals surface area (Å²) in [5.74, 6) is 1.66. The summed E-state index contributed by atoms with van der Waals surface area (Å²) in [6.07, 6.45) is 7.14. The van der Waals surface area contributed by atoms with Gasteiger partial charge < -0.3 is 20.1 Å². The molecule has 3 aromatic rings. The molecule has 2 aliphatic rings. The maximum Gasteiger partial charge on any atom is 0.151 e. The number of nitrogen functional groups attached to an aromatic ring is 1. The van der Waals surface area contributed by atoms with Crippen molar-refractivity contribution in [3.05, 3.63) is 53.7 Å². The molecule has 2 aromatic heterocycles. The molecule has 0 atom stereocenters. The van der Waals surface area contributed by atoms with Crippen LogP contribution in [0.1, 0.15) is 29.8 Å². The molecule has 0 amide bonds. The van der Waals surface area contributed by atoms with Gasteiger partial charge in [0.2, 0.25) is 0 Å². The van der Waals surface area contributed by atoms with Crippen LogP contribution in [0.3, 0.4) is 0 Å². The number of nitrogens with zero attached hydrogens (tertiary/aromatic N) is 7. The lowest BCUT2D eigenvalue weighted by atomic mass is 10.1. The van der Waals surface area contributed by atoms with Gasteiger partial charge >= 0.3 is 0 Å². The Kier molecular flexibility index (Phi) is 5.84. The summed E-state index contributed by atoms with van der Waals surface area (Å²) in [5.41, 5.74) is 11.2. The minimum absolute atomic E-state index is 0.290. The van der Waals surface area contributed by atoms with Gasteiger partial charge in [0.15, 0.2) is 5.82 Å². The molecule has 1 aliphatic heterocycles. The van der Waals surface area contributed by atoms with E-state index < -0.39 is 0 Å². The zero-order valence-electron chi connectivity index (χ0n) is 20.8. The largest absolute Gasteiger partial charge is 0.497 e. The molecule has 1 aromatic carbocycles. The molecular weight excluding hydrogens is 456 g/mol. The summed E-state index contributed by atoms with van der Waals surface area (Å²) in [6, 6.07) is 8.10. The van der Waals surface area contributed by atoms with E-state index in [1.807, 2.05) is 48.0 Å². The zero-order valence-corrected chi connectivity index (χ0v) is 20.8. The highest BCUT2D eigenvalue weighted by Crippen LogP contribution is 2.46. The number of nitrogens with two attached hydrogens (primary N) is 1.